The van der Waals surface area contributed by atoms with Gasteiger partial charge in [0, 0.05) is 0 Å². The number of benzene rings is 1. The number of imide groups is 1. The van der Waals surface area contributed by atoms with E-state index < -0.39 is 6.09 Å². The molecule has 0 aliphatic rings. The summed E-state index contributed by atoms with van der Waals surface area (Å²) >= 11 is 0. The van der Waals surface area contributed by atoms with Crippen LogP contribution in [-0.2, 0) is 21.0 Å². The van der Waals surface area contributed by atoms with Crippen molar-refractivity contribution in [1.82, 2.24) is 5.06 Å². The summed E-state index contributed by atoms with van der Waals surface area (Å²) in [4.78, 5) is 25.9. The lowest BCUT2D eigenvalue weighted by molar-refractivity contribution is -0.151. The van der Waals surface area contributed by atoms with E-state index in [1.807, 2.05) is 30.3 Å². The van der Waals surface area contributed by atoms with Gasteiger partial charge in [0.2, 0.25) is 6.41 Å². The van der Waals surface area contributed by atoms with E-state index in [1.165, 1.54) is 7.11 Å². The Morgan fingerprint density at radius 3 is 2.60 bits per heavy atom. The lowest BCUT2D eigenvalue weighted by atomic mass is 10.2. The molecule has 0 aliphatic heterocycles. The Balaban J connectivity index is 2.44. The Hall–Kier alpha value is -1.88. The first-order chi connectivity index (χ1) is 7.27. The van der Waals surface area contributed by atoms with Gasteiger partial charge in [0.05, 0.1) is 7.11 Å². The minimum absolute atomic E-state index is 0.105. The first-order valence-corrected chi connectivity index (χ1v) is 4.27. The van der Waals surface area contributed by atoms with Crippen LogP contribution in [0.3, 0.4) is 0 Å². The predicted molar refractivity (Wildman–Crippen MR) is 51.5 cm³/mol. The average molecular weight is 209 g/mol. The minimum Gasteiger partial charge on any atom is -0.443 e. The maximum absolute atomic E-state index is 11.1. The fraction of sp³-hybridized carbons (Fsp3) is 0.200. The van der Waals surface area contributed by atoms with E-state index in [1.54, 1.807) is 0 Å². The van der Waals surface area contributed by atoms with Gasteiger partial charge in [-0.2, -0.15) is 0 Å². The average Bonchev–Trinajstić information content (AvgIpc) is 2.29. The van der Waals surface area contributed by atoms with Crippen LogP contribution in [0, 0.1) is 0 Å². The fourth-order valence-electron chi connectivity index (χ4n) is 0.944. The summed E-state index contributed by atoms with van der Waals surface area (Å²) in [5.41, 5.74) is 0.841. The van der Waals surface area contributed by atoms with Crippen molar-refractivity contribution >= 4 is 12.5 Å². The highest BCUT2D eigenvalue weighted by Gasteiger charge is 2.12. The van der Waals surface area contributed by atoms with Crippen molar-refractivity contribution in [3.8, 4) is 0 Å². The second-order valence-corrected chi connectivity index (χ2v) is 2.65. The van der Waals surface area contributed by atoms with E-state index in [0.717, 1.165) is 5.56 Å². The molecule has 0 N–H and O–H groups in total. The zero-order valence-corrected chi connectivity index (χ0v) is 8.25. The third-order valence-corrected chi connectivity index (χ3v) is 1.68. The van der Waals surface area contributed by atoms with Gasteiger partial charge in [0.1, 0.15) is 6.61 Å². The first-order valence-electron chi connectivity index (χ1n) is 4.27. The molecular formula is C10H11NO4. The van der Waals surface area contributed by atoms with Crippen LogP contribution in [0.4, 0.5) is 4.79 Å². The summed E-state index contributed by atoms with van der Waals surface area (Å²) in [5, 5.41) is 0.475. The molecule has 2 amide bonds. The second-order valence-electron chi connectivity index (χ2n) is 2.65. The van der Waals surface area contributed by atoms with Crippen LogP contribution in [0.2, 0.25) is 0 Å². The maximum Gasteiger partial charge on any atom is 0.441 e. The molecule has 0 saturated heterocycles. The highest BCUT2D eigenvalue weighted by Crippen LogP contribution is 2.02. The molecule has 0 aromatic heterocycles. The topological polar surface area (TPSA) is 55.8 Å². The van der Waals surface area contributed by atoms with Crippen molar-refractivity contribution in [3.05, 3.63) is 35.9 Å². The van der Waals surface area contributed by atoms with Crippen LogP contribution in [-0.4, -0.2) is 24.7 Å². The van der Waals surface area contributed by atoms with Crippen molar-refractivity contribution in [3.63, 3.8) is 0 Å². The van der Waals surface area contributed by atoms with Crippen molar-refractivity contribution < 1.29 is 19.2 Å². The molecular weight excluding hydrogens is 198 g/mol. The molecule has 0 atom stereocenters. The molecule has 0 saturated carbocycles. The Bertz CT molecular complexity index is 325. The third kappa shape index (κ3) is 3.40. The molecule has 0 unspecified atom stereocenters. The zero-order chi connectivity index (χ0) is 11.1. The molecule has 0 aliphatic carbocycles. The predicted octanol–water partition coefficient (Wildman–Crippen LogP) is 1.34. The minimum atomic E-state index is -0.837. The molecule has 0 fully saturated rings. The van der Waals surface area contributed by atoms with Crippen LogP contribution in [0.25, 0.3) is 0 Å². The standard InChI is InChI=1S/C10H11NO4/c1-14-11(8-12)10(13)15-7-9-5-3-2-4-6-9/h2-6,8H,7H2,1H3. The number of hydroxylamine groups is 2. The monoisotopic (exact) mass is 209 g/mol. The number of ether oxygens (including phenoxy) is 1. The van der Waals surface area contributed by atoms with Gasteiger partial charge in [-0.3, -0.25) is 9.63 Å². The van der Waals surface area contributed by atoms with Gasteiger partial charge in [-0.25, -0.2) is 4.79 Å². The molecule has 1 rings (SSSR count). The van der Waals surface area contributed by atoms with E-state index in [9.17, 15) is 9.59 Å². The highest BCUT2D eigenvalue weighted by atomic mass is 16.7. The van der Waals surface area contributed by atoms with Gasteiger partial charge in [-0.1, -0.05) is 30.3 Å². The molecule has 5 nitrogen and oxygen atoms in total. The fourth-order valence-corrected chi connectivity index (χ4v) is 0.944. The SMILES string of the molecule is CON(C=O)C(=O)OCc1ccccc1. The Morgan fingerprint density at radius 1 is 1.40 bits per heavy atom. The molecule has 15 heavy (non-hydrogen) atoms. The summed E-state index contributed by atoms with van der Waals surface area (Å²) < 4.78 is 4.80. The van der Waals surface area contributed by atoms with Crippen LogP contribution in [0.5, 0.6) is 0 Å². The molecule has 0 spiro atoms. The van der Waals surface area contributed by atoms with Crippen LogP contribution < -0.4 is 0 Å². The number of rotatable bonds is 4. The van der Waals surface area contributed by atoms with Crippen LogP contribution in [0.1, 0.15) is 5.56 Å². The summed E-state index contributed by atoms with van der Waals surface area (Å²) in [5.74, 6) is 0. The van der Waals surface area contributed by atoms with Crippen molar-refractivity contribution in [2.24, 2.45) is 0 Å². The summed E-state index contributed by atoms with van der Waals surface area (Å²) in [6.07, 6.45) is -0.593. The molecule has 1 aromatic carbocycles. The molecule has 0 radical (unpaired) electrons. The van der Waals surface area contributed by atoms with Crippen LogP contribution in [0.15, 0.2) is 30.3 Å². The van der Waals surface area contributed by atoms with Gasteiger partial charge >= 0.3 is 6.09 Å². The molecule has 0 bridgehead atoms. The van der Waals surface area contributed by atoms with Gasteiger partial charge in [-0.05, 0) is 5.56 Å². The Labute approximate surface area is 87.2 Å². The highest BCUT2D eigenvalue weighted by molar-refractivity contribution is 5.78. The van der Waals surface area contributed by atoms with Gasteiger partial charge in [0.25, 0.3) is 0 Å². The van der Waals surface area contributed by atoms with Crippen molar-refractivity contribution in [1.29, 1.82) is 0 Å². The largest absolute Gasteiger partial charge is 0.443 e. The third-order valence-electron chi connectivity index (χ3n) is 1.68. The van der Waals surface area contributed by atoms with E-state index >= 15 is 0 Å². The molecule has 5 heteroatoms. The summed E-state index contributed by atoms with van der Waals surface area (Å²) in [6.45, 7) is 0.105. The Morgan fingerprint density at radius 2 is 2.07 bits per heavy atom. The van der Waals surface area contributed by atoms with E-state index in [-0.39, 0.29) is 13.0 Å². The van der Waals surface area contributed by atoms with E-state index in [2.05, 4.69) is 4.84 Å². The lowest BCUT2D eigenvalue weighted by Crippen LogP contribution is -2.28. The quantitative estimate of drug-likeness (QED) is 0.554. The van der Waals surface area contributed by atoms with Gasteiger partial charge < -0.3 is 4.74 Å². The first kappa shape index (κ1) is 11.2. The number of carbonyl (C=O) groups excluding carboxylic acids is 2. The molecule has 80 valence electrons. The smallest absolute Gasteiger partial charge is 0.441 e. The van der Waals surface area contributed by atoms with Gasteiger partial charge in [-0.15, -0.1) is 5.06 Å². The molecule has 0 heterocycles. The van der Waals surface area contributed by atoms with E-state index in [4.69, 9.17) is 4.74 Å². The zero-order valence-electron chi connectivity index (χ0n) is 8.25. The number of hydrogen-bond acceptors (Lipinski definition) is 4. The summed E-state index contributed by atoms with van der Waals surface area (Å²) in [6, 6.07) is 9.14. The Kier molecular flexibility index (Phi) is 4.30. The number of nitrogens with zero attached hydrogens (tertiary/aromatic N) is 1. The summed E-state index contributed by atoms with van der Waals surface area (Å²) in [7, 11) is 1.21. The number of carbonyl (C=O) groups is 2. The maximum atomic E-state index is 11.1. The lowest BCUT2D eigenvalue weighted by Gasteiger charge is -2.11. The van der Waals surface area contributed by atoms with Crippen molar-refractivity contribution in [2.45, 2.75) is 6.61 Å². The van der Waals surface area contributed by atoms with Crippen molar-refractivity contribution in [2.75, 3.05) is 7.11 Å². The molecule has 1 aromatic rings. The van der Waals surface area contributed by atoms with E-state index in [0.29, 0.717) is 5.06 Å². The number of hydrogen-bond donors (Lipinski definition) is 0. The normalized spacial score (nSPS) is 9.40. The van der Waals surface area contributed by atoms with Gasteiger partial charge in [0.15, 0.2) is 0 Å². The second kappa shape index (κ2) is 5.77. The van der Waals surface area contributed by atoms with Crippen LogP contribution >= 0.6 is 0 Å². The number of amides is 2.